The molecule has 2 atom stereocenters. The van der Waals surface area contributed by atoms with Crippen LogP contribution >= 0.6 is 0 Å². The van der Waals surface area contributed by atoms with Crippen molar-refractivity contribution in [1.29, 1.82) is 0 Å². The van der Waals surface area contributed by atoms with Gasteiger partial charge >= 0.3 is 0 Å². The van der Waals surface area contributed by atoms with Crippen LogP contribution < -0.4 is 5.32 Å². The monoisotopic (exact) mass is 335 g/mol. The van der Waals surface area contributed by atoms with E-state index in [1.54, 1.807) is 18.5 Å². The zero-order valence-corrected chi connectivity index (χ0v) is 14.2. The lowest BCUT2D eigenvalue weighted by Gasteiger charge is -2.17. The van der Waals surface area contributed by atoms with Gasteiger partial charge < -0.3 is 10.2 Å². The number of carbonyl (C=O) groups excluding carboxylic acids is 2. The summed E-state index contributed by atoms with van der Waals surface area (Å²) in [6.45, 7) is 3.41. The van der Waals surface area contributed by atoms with Gasteiger partial charge in [0.15, 0.2) is 0 Å². The molecule has 5 nitrogen and oxygen atoms in total. The fraction of sp³-hybridized carbons (Fsp3) is 0.350. The molecule has 0 bridgehead atoms. The van der Waals surface area contributed by atoms with Crippen LogP contribution in [0.1, 0.15) is 28.8 Å². The van der Waals surface area contributed by atoms with Gasteiger partial charge in [-0.1, -0.05) is 17.7 Å². The van der Waals surface area contributed by atoms with Crippen molar-refractivity contribution >= 4 is 17.5 Å². The number of hydrogen-bond acceptors (Lipinski definition) is 3. The molecule has 25 heavy (non-hydrogen) atoms. The molecule has 0 unspecified atom stereocenters. The van der Waals surface area contributed by atoms with Crippen LogP contribution in [-0.2, 0) is 4.79 Å². The highest BCUT2D eigenvalue weighted by Crippen LogP contribution is 2.58. The van der Waals surface area contributed by atoms with Gasteiger partial charge in [0.1, 0.15) is 0 Å². The van der Waals surface area contributed by atoms with Gasteiger partial charge in [0.05, 0.1) is 11.9 Å². The van der Waals surface area contributed by atoms with Crippen LogP contribution in [0.3, 0.4) is 0 Å². The highest BCUT2D eigenvalue weighted by Gasteiger charge is 2.61. The van der Waals surface area contributed by atoms with Gasteiger partial charge in [0, 0.05) is 36.2 Å². The lowest BCUT2D eigenvalue weighted by molar-refractivity contribution is -0.118. The van der Waals surface area contributed by atoms with Crippen molar-refractivity contribution < 1.29 is 9.59 Å². The maximum absolute atomic E-state index is 12.7. The molecule has 2 fully saturated rings. The Morgan fingerprint density at radius 2 is 2.04 bits per heavy atom. The SMILES string of the molecule is Cc1ccc(C(=O)N2CC[C@]3(C[C@@H]3C(=O)Nc3cccnc3)C2)cc1. The summed E-state index contributed by atoms with van der Waals surface area (Å²) < 4.78 is 0. The largest absolute Gasteiger partial charge is 0.338 e. The minimum atomic E-state index is -0.0351. The molecule has 1 N–H and O–H groups in total. The van der Waals surface area contributed by atoms with Crippen LogP contribution in [0.15, 0.2) is 48.8 Å². The van der Waals surface area contributed by atoms with Crippen molar-refractivity contribution in [1.82, 2.24) is 9.88 Å². The molecule has 0 radical (unpaired) electrons. The lowest BCUT2D eigenvalue weighted by Crippen LogP contribution is -2.30. The predicted octanol–water partition coefficient (Wildman–Crippen LogP) is 2.88. The molecule has 1 saturated carbocycles. The van der Waals surface area contributed by atoms with E-state index < -0.39 is 0 Å². The fourth-order valence-corrected chi connectivity index (χ4v) is 3.78. The maximum atomic E-state index is 12.7. The van der Waals surface area contributed by atoms with Gasteiger partial charge in [0.2, 0.25) is 5.91 Å². The van der Waals surface area contributed by atoms with E-state index in [2.05, 4.69) is 10.3 Å². The summed E-state index contributed by atoms with van der Waals surface area (Å²) in [5.74, 6) is 0.0938. The van der Waals surface area contributed by atoms with Crippen molar-refractivity contribution in [2.45, 2.75) is 19.8 Å². The summed E-state index contributed by atoms with van der Waals surface area (Å²) in [5, 5.41) is 2.93. The van der Waals surface area contributed by atoms with Crippen LogP contribution in [0, 0.1) is 18.3 Å². The number of anilines is 1. The Morgan fingerprint density at radius 1 is 1.24 bits per heavy atom. The molecule has 1 spiro atoms. The number of nitrogens with one attached hydrogen (secondary N) is 1. The summed E-state index contributed by atoms with van der Waals surface area (Å²) in [4.78, 5) is 31.0. The first-order valence-electron chi connectivity index (χ1n) is 8.64. The Labute approximate surface area is 147 Å². The van der Waals surface area contributed by atoms with Crippen molar-refractivity contribution in [3.05, 3.63) is 59.9 Å². The second-order valence-electron chi connectivity index (χ2n) is 7.19. The number of hydrogen-bond donors (Lipinski definition) is 1. The molecule has 5 heteroatoms. The molecule has 1 aliphatic heterocycles. The van der Waals surface area contributed by atoms with Crippen LogP contribution in [0.25, 0.3) is 0 Å². The van der Waals surface area contributed by atoms with E-state index in [1.807, 2.05) is 42.2 Å². The maximum Gasteiger partial charge on any atom is 0.253 e. The number of benzene rings is 1. The normalized spacial score (nSPS) is 24.4. The highest BCUT2D eigenvalue weighted by atomic mass is 16.2. The molecular weight excluding hydrogens is 314 g/mol. The quantitative estimate of drug-likeness (QED) is 0.938. The van der Waals surface area contributed by atoms with E-state index in [1.165, 1.54) is 0 Å². The van der Waals surface area contributed by atoms with Crippen LogP contribution in [-0.4, -0.2) is 34.8 Å². The Balaban J connectivity index is 1.39. The first-order valence-corrected chi connectivity index (χ1v) is 8.64. The molecular formula is C20H21N3O2. The van der Waals surface area contributed by atoms with E-state index in [0.717, 1.165) is 36.2 Å². The van der Waals surface area contributed by atoms with Crippen molar-refractivity contribution in [3.63, 3.8) is 0 Å². The fourth-order valence-electron chi connectivity index (χ4n) is 3.78. The zero-order chi connectivity index (χ0) is 17.4. The number of amides is 2. The summed E-state index contributed by atoms with van der Waals surface area (Å²) >= 11 is 0. The van der Waals surface area contributed by atoms with E-state index in [9.17, 15) is 9.59 Å². The number of carbonyl (C=O) groups is 2. The minimum Gasteiger partial charge on any atom is -0.338 e. The number of likely N-dealkylation sites (tertiary alicyclic amines) is 1. The highest BCUT2D eigenvalue weighted by molar-refractivity contribution is 5.96. The number of aryl methyl sites for hydroxylation is 1. The zero-order valence-electron chi connectivity index (χ0n) is 14.2. The molecule has 128 valence electrons. The molecule has 4 rings (SSSR count). The molecule has 2 heterocycles. The number of aromatic nitrogens is 1. The predicted molar refractivity (Wildman–Crippen MR) is 95.1 cm³/mol. The van der Waals surface area contributed by atoms with Crippen molar-refractivity contribution in [2.75, 3.05) is 18.4 Å². The molecule has 1 aromatic carbocycles. The van der Waals surface area contributed by atoms with Gasteiger partial charge in [-0.2, -0.15) is 0 Å². The van der Waals surface area contributed by atoms with Crippen molar-refractivity contribution in [3.8, 4) is 0 Å². The summed E-state index contributed by atoms with van der Waals surface area (Å²) in [7, 11) is 0. The summed E-state index contributed by atoms with van der Waals surface area (Å²) in [6.07, 6.45) is 5.08. The molecule has 1 aromatic heterocycles. The Bertz CT molecular complexity index is 803. The average molecular weight is 335 g/mol. The Hall–Kier alpha value is -2.69. The number of pyridine rings is 1. The number of nitrogens with zero attached hydrogens (tertiary/aromatic N) is 2. The van der Waals surface area contributed by atoms with E-state index in [0.29, 0.717) is 6.54 Å². The smallest absolute Gasteiger partial charge is 0.253 e. The van der Waals surface area contributed by atoms with Crippen LogP contribution in [0.5, 0.6) is 0 Å². The minimum absolute atomic E-state index is 0.0106. The molecule has 1 aliphatic carbocycles. The third kappa shape index (κ3) is 3.02. The second-order valence-corrected chi connectivity index (χ2v) is 7.19. The molecule has 2 aliphatic rings. The van der Waals surface area contributed by atoms with Gasteiger partial charge in [-0.3, -0.25) is 14.6 Å². The van der Waals surface area contributed by atoms with E-state index in [-0.39, 0.29) is 23.1 Å². The standard InChI is InChI=1S/C20H21N3O2/c1-14-4-6-15(7-5-14)19(25)23-10-8-20(13-23)11-17(20)18(24)22-16-3-2-9-21-12-16/h2-7,9,12,17H,8,10-11,13H2,1H3,(H,22,24)/t17-,20+/m1/s1. The van der Waals surface area contributed by atoms with Crippen LogP contribution in [0.4, 0.5) is 5.69 Å². The Morgan fingerprint density at radius 3 is 2.76 bits per heavy atom. The topological polar surface area (TPSA) is 62.3 Å². The number of rotatable bonds is 3. The summed E-state index contributed by atoms with van der Waals surface area (Å²) in [6, 6.07) is 11.3. The second kappa shape index (κ2) is 5.99. The third-order valence-electron chi connectivity index (χ3n) is 5.41. The van der Waals surface area contributed by atoms with E-state index in [4.69, 9.17) is 0 Å². The lowest BCUT2D eigenvalue weighted by atomic mass is 10.0. The average Bonchev–Trinajstić information content (AvgIpc) is 3.16. The molecule has 2 aromatic rings. The first kappa shape index (κ1) is 15.8. The molecule has 1 saturated heterocycles. The first-order chi connectivity index (χ1) is 12.1. The third-order valence-corrected chi connectivity index (χ3v) is 5.41. The van der Waals surface area contributed by atoms with E-state index >= 15 is 0 Å². The Kier molecular flexibility index (Phi) is 3.79. The van der Waals surface area contributed by atoms with Crippen molar-refractivity contribution in [2.24, 2.45) is 11.3 Å². The molecule has 2 amide bonds. The van der Waals surface area contributed by atoms with Gasteiger partial charge in [-0.25, -0.2) is 0 Å². The van der Waals surface area contributed by atoms with Gasteiger partial charge in [-0.15, -0.1) is 0 Å². The van der Waals surface area contributed by atoms with Crippen LogP contribution in [0.2, 0.25) is 0 Å². The van der Waals surface area contributed by atoms with Gasteiger partial charge in [-0.05, 0) is 44.0 Å². The summed E-state index contributed by atoms with van der Waals surface area (Å²) in [5.41, 5.74) is 2.55. The van der Waals surface area contributed by atoms with Gasteiger partial charge in [0.25, 0.3) is 5.91 Å².